The number of hydrogen-bond acceptors (Lipinski definition) is 3. The molecule has 3 rings (SSSR count). The molecule has 0 fully saturated rings. The van der Waals surface area contributed by atoms with Gasteiger partial charge in [0.25, 0.3) is 0 Å². The molecule has 0 aliphatic heterocycles. The van der Waals surface area contributed by atoms with Gasteiger partial charge in [0, 0.05) is 33.7 Å². The Balaban J connectivity index is 1.77. The smallest absolute Gasteiger partial charge is 0.407 e. The summed E-state index contributed by atoms with van der Waals surface area (Å²) in [6.45, 7) is 4.20. The maximum absolute atomic E-state index is 12.9. The van der Waals surface area contributed by atoms with Crippen LogP contribution in [-0.2, 0) is 16.0 Å². The third kappa shape index (κ3) is 5.84. The van der Waals surface area contributed by atoms with E-state index >= 15 is 0 Å². The average Bonchev–Trinajstić information content (AvgIpc) is 3.10. The molecule has 3 aromatic rings. The first-order valence-corrected chi connectivity index (χ1v) is 10.3. The van der Waals surface area contributed by atoms with Crippen LogP contribution in [-0.4, -0.2) is 29.6 Å². The van der Waals surface area contributed by atoms with E-state index in [0.29, 0.717) is 18.7 Å². The minimum absolute atomic E-state index is 0.212. The largest absolute Gasteiger partial charge is 0.449 e. The molecule has 152 valence electrons. The van der Waals surface area contributed by atoms with Crippen molar-refractivity contribution in [3.05, 3.63) is 64.8 Å². The molecule has 0 aliphatic carbocycles. The SMILES string of the molecule is CC(C)COC(=O)N[C@H](Cc1c[nH]c2ccccc12)C(=O)Nc1ccc(Br)cc1. The van der Waals surface area contributed by atoms with Crippen LogP contribution in [0.15, 0.2) is 59.2 Å². The van der Waals surface area contributed by atoms with E-state index in [0.717, 1.165) is 20.9 Å². The number of alkyl carbamates (subject to hydrolysis) is 1. The number of fused-ring (bicyclic) bond motifs is 1. The third-order valence-corrected chi connectivity index (χ3v) is 4.90. The van der Waals surface area contributed by atoms with E-state index in [-0.39, 0.29) is 11.8 Å². The lowest BCUT2D eigenvalue weighted by molar-refractivity contribution is -0.118. The summed E-state index contributed by atoms with van der Waals surface area (Å²) < 4.78 is 6.13. The van der Waals surface area contributed by atoms with Gasteiger partial charge in [-0.1, -0.05) is 48.0 Å². The molecule has 2 amide bonds. The van der Waals surface area contributed by atoms with Crippen LogP contribution in [0.25, 0.3) is 10.9 Å². The summed E-state index contributed by atoms with van der Waals surface area (Å²) >= 11 is 3.38. The molecule has 1 atom stereocenters. The highest BCUT2D eigenvalue weighted by Gasteiger charge is 2.23. The molecule has 3 N–H and O–H groups in total. The summed E-state index contributed by atoms with van der Waals surface area (Å²) in [5.41, 5.74) is 2.58. The number of ether oxygens (including phenoxy) is 1. The van der Waals surface area contributed by atoms with Gasteiger partial charge in [-0.15, -0.1) is 0 Å². The van der Waals surface area contributed by atoms with Crippen LogP contribution >= 0.6 is 15.9 Å². The lowest BCUT2D eigenvalue weighted by Gasteiger charge is -2.19. The Morgan fingerprint density at radius 1 is 1.10 bits per heavy atom. The zero-order chi connectivity index (χ0) is 20.8. The van der Waals surface area contributed by atoms with Crippen LogP contribution in [0.5, 0.6) is 0 Å². The van der Waals surface area contributed by atoms with Crippen LogP contribution in [0, 0.1) is 5.92 Å². The Morgan fingerprint density at radius 2 is 1.83 bits per heavy atom. The molecule has 29 heavy (non-hydrogen) atoms. The number of nitrogens with one attached hydrogen (secondary N) is 3. The van der Waals surface area contributed by atoms with E-state index in [1.165, 1.54) is 0 Å². The summed E-state index contributed by atoms with van der Waals surface area (Å²) in [6.07, 6.45) is 1.60. The highest BCUT2D eigenvalue weighted by molar-refractivity contribution is 9.10. The minimum Gasteiger partial charge on any atom is -0.449 e. The Labute approximate surface area is 178 Å². The predicted molar refractivity (Wildman–Crippen MR) is 118 cm³/mol. The standard InChI is InChI=1S/C22H24BrN3O3/c1-14(2)13-29-22(28)26-20(21(27)25-17-9-7-16(23)8-10-17)11-15-12-24-19-6-4-3-5-18(15)19/h3-10,12,14,20,24H,11,13H2,1-2H3,(H,25,27)(H,26,28)/t20-/m1/s1. The molecule has 0 aliphatic rings. The van der Waals surface area contributed by atoms with Crippen molar-refractivity contribution < 1.29 is 14.3 Å². The van der Waals surface area contributed by atoms with E-state index in [2.05, 4.69) is 31.5 Å². The summed E-state index contributed by atoms with van der Waals surface area (Å²) in [5, 5.41) is 6.59. The van der Waals surface area contributed by atoms with Crippen LogP contribution in [0.1, 0.15) is 19.4 Å². The summed E-state index contributed by atoms with van der Waals surface area (Å²) in [7, 11) is 0. The molecule has 0 bridgehead atoms. The Bertz CT molecular complexity index is 982. The van der Waals surface area contributed by atoms with Crippen LogP contribution < -0.4 is 10.6 Å². The number of amides is 2. The topological polar surface area (TPSA) is 83.2 Å². The first-order valence-electron chi connectivity index (χ1n) is 9.47. The lowest BCUT2D eigenvalue weighted by atomic mass is 10.0. The minimum atomic E-state index is -0.780. The molecule has 0 radical (unpaired) electrons. The zero-order valence-corrected chi connectivity index (χ0v) is 18.0. The van der Waals surface area contributed by atoms with Gasteiger partial charge in [0.05, 0.1) is 6.61 Å². The molecule has 1 heterocycles. The van der Waals surface area contributed by atoms with Gasteiger partial charge in [0.2, 0.25) is 5.91 Å². The Hall–Kier alpha value is -2.80. The maximum atomic E-state index is 12.9. The van der Waals surface area contributed by atoms with Gasteiger partial charge in [-0.25, -0.2) is 4.79 Å². The van der Waals surface area contributed by atoms with Crippen LogP contribution in [0.4, 0.5) is 10.5 Å². The van der Waals surface area contributed by atoms with Gasteiger partial charge in [0.1, 0.15) is 6.04 Å². The first kappa shape index (κ1) is 20.9. The van der Waals surface area contributed by atoms with Crippen molar-refractivity contribution in [3.63, 3.8) is 0 Å². The van der Waals surface area contributed by atoms with Gasteiger partial charge in [0.15, 0.2) is 0 Å². The quantitative estimate of drug-likeness (QED) is 0.473. The number of carbonyl (C=O) groups excluding carboxylic acids is 2. The van der Waals surface area contributed by atoms with Crippen molar-refractivity contribution in [1.29, 1.82) is 0 Å². The van der Waals surface area contributed by atoms with Gasteiger partial charge in [-0.2, -0.15) is 0 Å². The highest BCUT2D eigenvalue weighted by atomic mass is 79.9. The molecule has 2 aromatic carbocycles. The van der Waals surface area contributed by atoms with Crippen molar-refractivity contribution in [1.82, 2.24) is 10.3 Å². The van der Waals surface area contributed by atoms with E-state index in [1.807, 2.05) is 56.4 Å². The Kier molecular flexibility index (Phi) is 6.93. The van der Waals surface area contributed by atoms with Gasteiger partial charge in [-0.05, 0) is 41.8 Å². The summed E-state index contributed by atoms with van der Waals surface area (Å²) in [5.74, 6) is -0.0940. The van der Waals surface area contributed by atoms with Crippen molar-refractivity contribution in [2.75, 3.05) is 11.9 Å². The molecular weight excluding hydrogens is 434 g/mol. The molecule has 6 nitrogen and oxygen atoms in total. The maximum Gasteiger partial charge on any atom is 0.407 e. The highest BCUT2D eigenvalue weighted by Crippen LogP contribution is 2.20. The van der Waals surface area contributed by atoms with E-state index in [4.69, 9.17) is 4.74 Å². The van der Waals surface area contributed by atoms with E-state index < -0.39 is 12.1 Å². The monoisotopic (exact) mass is 457 g/mol. The second kappa shape index (κ2) is 9.60. The van der Waals surface area contributed by atoms with Crippen LogP contribution in [0.3, 0.4) is 0 Å². The number of para-hydroxylation sites is 1. The average molecular weight is 458 g/mol. The number of H-pyrrole nitrogens is 1. The van der Waals surface area contributed by atoms with E-state index in [1.54, 1.807) is 12.1 Å². The molecule has 0 saturated heterocycles. The van der Waals surface area contributed by atoms with Crippen molar-refractivity contribution in [2.24, 2.45) is 5.92 Å². The summed E-state index contributed by atoms with van der Waals surface area (Å²) in [6, 6.07) is 14.3. The molecular formula is C22H24BrN3O3. The Morgan fingerprint density at radius 3 is 2.55 bits per heavy atom. The molecule has 0 unspecified atom stereocenters. The number of hydrogen-bond donors (Lipinski definition) is 3. The fourth-order valence-electron chi connectivity index (χ4n) is 2.92. The number of aromatic amines is 1. The van der Waals surface area contributed by atoms with Gasteiger partial charge < -0.3 is 20.4 Å². The number of halogens is 1. The first-order chi connectivity index (χ1) is 13.9. The second-order valence-corrected chi connectivity index (χ2v) is 8.16. The fourth-order valence-corrected chi connectivity index (χ4v) is 3.18. The molecule has 1 aromatic heterocycles. The second-order valence-electron chi connectivity index (χ2n) is 7.25. The van der Waals surface area contributed by atoms with E-state index in [9.17, 15) is 9.59 Å². The fraction of sp³-hybridized carbons (Fsp3) is 0.273. The lowest BCUT2D eigenvalue weighted by Crippen LogP contribution is -2.45. The number of anilines is 1. The normalized spacial score (nSPS) is 12.0. The number of aromatic nitrogens is 1. The van der Waals surface area contributed by atoms with Crippen molar-refractivity contribution >= 4 is 44.5 Å². The van der Waals surface area contributed by atoms with Gasteiger partial charge in [-0.3, -0.25) is 4.79 Å². The van der Waals surface area contributed by atoms with Crippen molar-refractivity contribution in [2.45, 2.75) is 26.3 Å². The number of benzene rings is 2. The van der Waals surface area contributed by atoms with Crippen molar-refractivity contribution in [3.8, 4) is 0 Å². The van der Waals surface area contributed by atoms with Gasteiger partial charge >= 0.3 is 6.09 Å². The number of rotatable bonds is 7. The zero-order valence-electron chi connectivity index (χ0n) is 16.4. The van der Waals surface area contributed by atoms with Crippen LogP contribution in [0.2, 0.25) is 0 Å². The molecule has 7 heteroatoms. The summed E-state index contributed by atoms with van der Waals surface area (Å²) in [4.78, 5) is 28.4. The molecule has 0 spiro atoms. The third-order valence-electron chi connectivity index (χ3n) is 4.37. The predicted octanol–water partition coefficient (Wildman–Crippen LogP) is 4.86. The molecule has 0 saturated carbocycles. The number of carbonyl (C=O) groups is 2.